The first-order valence-corrected chi connectivity index (χ1v) is 9.34. The number of carbonyl (C=O) groups excluding carboxylic acids is 1. The van der Waals surface area contributed by atoms with Crippen LogP contribution in [0.2, 0.25) is 0 Å². The fourth-order valence-corrected chi connectivity index (χ4v) is 2.18. The van der Waals surface area contributed by atoms with Gasteiger partial charge < -0.3 is 4.74 Å². The summed E-state index contributed by atoms with van der Waals surface area (Å²) in [5.74, 6) is -0.0570. The molecule has 23 heavy (non-hydrogen) atoms. The van der Waals surface area contributed by atoms with E-state index in [4.69, 9.17) is 4.74 Å². The van der Waals surface area contributed by atoms with Gasteiger partial charge in [-0.25, -0.2) is 0 Å². The molecule has 0 saturated carbocycles. The minimum absolute atomic E-state index is 0.00941. The van der Waals surface area contributed by atoms with Crippen molar-refractivity contribution in [2.24, 2.45) is 0 Å². The van der Waals surface area contributed by atoms with Gasteiger partial charge in [0, 0.05) is 6.42 Å². The molecular weight excluding hydrogens is 284 g/mol. The molecule has 0 amide bonds. The van der Waals surface area contributed by atoms with Gasteiger partial charge in [-0.2, -0.15) is 0 Å². The third-order valence-electron chi connectivity index (χ3n) is 3.45. The highest BCUT2D eigenvalue weighted by Gasteiger charge is 2.04. The zero-order chi connectivity index (χ0) is 17.2. The molecule has 0 aliphatic carbocycles. The van der Waals surface area contributed by atoms with Gasteiger partial charge >= 0.3 is 5.97 Å². The summed E-state index contributed by atoms with van der Waals surface area (Å²) in [6.45, 7) is 6.00. The van der Waals surface area contributed by atoms with E-state index < -0.39 is 0 Å². The van der Waals surface area contributed by atoms with E-state index in [2.05, 4.69) is 43.4 Å². The Morgan fingerprint density at radius 1 is 0.826 bits per heavy atom. The average molecular weight is 321 g/mol. The zero-order valence-electron chi connectivity index (χ0n) is 15.4. The molecule has 0 unspecified atom stereocenters. The second-order valence-electron chi connectivity index (χ2n) is 6.23. The molecule has 0 radical (unpaired) electrons. The zero-order valence-corrected chi connectivity index (χ0v) is 15.4. The van der Waals surface area contributed by atoms with Gasteiger partial charge in [-0.3, -0.25) is 4.79 Å². The van der Waals surface area contributed by atoms with E-state index in [1.807, 2.05) is 13.8 Å². The van der Waals surface area contributed by atoms with Gasteiger partial charge in [-0.1, -0.05) is 75.5 Å². The lowest BCUT2D eigenvalue weighted by atomic mass is 10.1. The molecule has 0 aliphatic heterocycles. The first-order valence-electron chi connectivity index (χ1n) is 9.34. The summed E-state index contributed by atoms with van der Waals surface area (Å²) in [5, 5.41) is 0. The quantitative estimate of drug-likeness (QED) is 0.207. The van der Waals surface area contributed by atoms with E-state index >= 15 is 0 Å². The largest absolute Gasteiger partial charge is 0.463 e. The summed E-state index contributed by atoms with van der Waals surface area (Å²) in [7, 11) is 0. The van der Waals surface area contributed by atoms with Crippen LogP contribution in [-0.4, -0.2) is 12.1 Å². The Labute approximate surface area is 143 Å². The lowest BCUT2D eigenvalue weighted by molar-refractivity contribution is -0.147. The van der Waals surface area contributed by atoms with E-state index in [0.717, 1.165) is 19.3 Å². The topological polar surface area (TPSA) is 26.3 Å². The molecule has 0 atom stereocenters. The maximum absolute atomic E-state index is 11.3. The van der Waals surface area contributed by atoms with Gasteiger partial charge in [-0.05, 0) is 39.5 Å². The number of hydrogen-bond donors (Lipinski definition) is 0. The molecular formula is C21H36O2. The first-order chi connectivity index (χ1) is 11.2. The maximum atomic E-state index is 11.3. The highest BCUT2D eigenvalue weighted by Crippen LogP contribution is 2.08. The van der Waals surface area contributed by atoms with Crippen molar-refractivity contribution in [2.75, 3.05) is 0 Å². The van der Waals surface area contributed by atoms with Crippen LogP contribution in [0.25, 0.3) is 0 Å². The molecule has 0 bridgehead atoms. The van der Waals surface area contributed by atoms with Crippen molar-refractivity contribution in [1.29, 1.82) is 0 Å². The fraction of sp³-hybridized carbons (Fsp3) is 0.667. The summed E-state index contributed by atoms with van der Waals surface area (Å²) in [4.78, 5) is 11.3. The predicted octanol–water partition coefficient (Wildman–Crippen LogP) is 6.53. The summed E-state index contributed by atoms with van der Waals surface area (Å²) in [5.41, 5.74) is 0. The van der Waals surface area contributed by atoms with Crippen molar-refractivity contribution in [3.8, 4) is 0 Å². The van der Waals surface area contributed by atoms with E-state index in [1.54, 1.807) is 0 Å². The van der Waals surface area contributed by atoms with Gasteiger partial charge in [-0.15, -0.1) is 0 Å². The Bertz CT molecular complexity index is 351. The Hall–Kier alpha value is -1.31. The van der Waals surface area contributed by atoms with Crippen LogP contribution in [0.5, 0.6) is 0 Å². The second kappa shape index (κ2) is 17.1. The summed E-state index contributed by atoms with van der Waals surface area (Å²) in [6.07, 6.45) is 24.1. The molecule has 0 saturated heterocycles. The smallest absolute Gasteiger partial charge is 0.306 e. The third kappa shape index (κ3) is 18.6. The summed E-state index contributed by atoms with van der Waals surface area (Å²) < 4.78 is 5.11. The molecule has 0 heterocycles. The molecule has 0 rings (SSSR count). The Morgan fingerprint density at radius 3 is 2.00 bits per heavy atom. The van der Waals surface area contributed by atoms with Crippen molar-refractivity contribution < 1.29 is 9.53 Å². The van der Waals surface area contributed by atoms with Crippen LogP contribution in [0.1, 0.15) is 85.0 Å². The van der Waals surface area contributed by atoms with E-state index in [-0.39, 0.29) is 12.1 Å². The number of esters is 1. The molecule has 132 valence electrons. The third-order valence-corrected chi connectivity index (χ3v) is 3.45. The molecule has 0 aromatic heterocycles. The predicted molar refractivity (Wildman–Crippen MR) is 100 cm³/mol. The highest BCUT2D eigenvalue weighted by atomic mass is 16.5. The first kappa shape index (κ1) is 21.7. The number of carbonyl (C=O) groups is 1. The van der Waals surface area contributed by atoms with Crippen molar-refractivity contribution >= 4 is 5.97 Å². The lowest BCUT2D eigenvalue weighted by Gasteiger charge is -2.07. The molecule has 0 aromatic rings. The molecule has 2 heteroatoms. The van der Waals surface area contributed by atoms with Crippen molar-refractivity contribution in [1.82, 2.24) is 0 Å². The van der Waals surface area contributed by atoms with Crippen LogP contribution >= 0.6 is 0 Å². The summed E-state index contributed by atoms with van der Waals surface area (Å²) >= 11 is 0. The van der Waals surface area contributed by atoms with E-state index in [1.165, 1.54) is 38.5 Å². The standard InChI is InChI=1S/C21H36O2/c1-4-5-6-7-8-9-10-11-12-13-14-15-16-17-18-19-21(22)23-20(2)3/h7-12,20H,4-6,13-19H2,1-3H3/b8-7+,10-9+,12-11+. The Morgan fingerprint density at radius 2 is 1.39 bits per heavy atom. The van der Waals surface area contributed by atoms with Crippen molar-refractivity contribution in [3.05, 3.63) is 36.5 Å². The SMILES string of the molecule is CCCC/C=C/C=C/C=C/CCCCCCCC(=O)OC(C)C. The number of hydrogen-bond acceptors (Lipinski definition) is 2. The minimum Gasteiger partial charge on any atom is -0.463 e. The van der Waals surface area contributed by atoms with Gasteiger partial charge in [0.15, 0.2) is 0 Å². The van der Waals surface area contributed by atoms with Crippen molar-refractivity contribution in [2.45, 2.75) is 91.1 Å². The normalized spacial score (nSPS) is 12.2. The van der Waals surface area contributed by atoms with Crippen LogP contribution in [0.4, 0.5) is 0 Å². The average Bonchev–Trinajstić information content (AvgIpc) is 2.50. The fourth-order valence-electron chi connectivity index (χ4n) is 2.18. The molecule has 0 fully saturated rings. The Balaban J connectivity index is 3.35. The molecule has 0 aliphatic rings. The monoisotopic (exact) mass is 320 g/mol. The van der Waals surface area contributed by atoms with Gasteiger partial charge in [0.25, 0.3) is 0 Å². The van der Waals surface area contributed by atoms with Gasteiger partial charge in [0.05, 0.1) is 6.10 Å². The number of ether oxygens (including phenoxy) is 1. The van der Waals surface area contributed by atoms with Crippen LogP contribution in [0.3, 0.4) is 0 Å². The van der Waals surface area contributed by atoms with Crippen molar-refractivity contribution in [3.63, 3.8) is 0 Å². The number of allylic oxidation sites excluding steroid dienone is 6. The molecule has 0 N–H and O–H groups in total. The maximum Gasteiger partial charge on any atom is 0.306 e. The molecule has 2 nitrogen and oxygen atoms in total. The van der Waals surface area contributed by atoms with E-state index in [0.29, 0.717) is 6.42 Å². The highest BCUT2D eigenvalue weighted by molar-refractivity contribution is 5.69. The number of rotatable bonds is 14. The second-order valence-corrected chi connectivity index (χ2v) is 6.23. The van der Waals surface area contributed by atoms with Crippen LogP contribution in [0, 0.1) is 0 Å². The van der Waals surface area contributed by atoms with Crippen LogP contribution < -0.4 is 0 Å². The lowest BCUT2D eigenvalue weighted by Crippen LogP contribution is -2.10. The van der Waals surface area contributed by atoms with Gasteiger partial charge in [0.2, 0.25) is 0 Å². The van der Waals surface area contributed by atoms with E-state index in [9.17, 15) is 4.79 Å². The number of unbranched alkanes of at least 4 members (excludes halogenated alkanes) is 7. The van der Waals surface area contributed by atoms with Crippen LogP contribution in [0.15, 0.2) is 36.5 Å². The molecule has 0 spiro atoms. The summed E-state index contributed by atoms with van der Waals surface area (Å²) in [6, 6.07) is 0. The minimum atomic E-state index is -0.0570. The van der Waals surface area contributed by atoms with Crippen LogP contribution in [-0.2, 0) is 9.53 Å². The Kier molecular flexibility index (Phi) is 16.1. The molecule has 0 aromatic carbocycles. The van der Waals surface area contributed by atoms with Gasteiger partial charge in [0.1, 0.15) is 0 Å².